The quantitative estimate of drug-likeness (QED) is 0.512. The fourth-order valence-electron chi connectivity index (χ4n) is 4.31. The van der Waals surface area contributed by atoms with Crippen molar-refractivity contribution in [2.45, 2.75) is 38.5 Å². The number of amides is 2. The number of rotatable bonds is 8. The molecule has 0 spiro atoms. The third-order valence-electron chi connectivity index (χ3n) is 6.15. The maximum absolute atomic E-state index is 13.2. The van der Waals surface area contributed by atoms with E-state index in [0.29, 0.717) is 65.4 Å². The van der Waals surface area contributed by atoms with Gasteiger partial charge in [0.05, 0.1) is 36.4 Å². The summed E-state index contributed by atoms with van der Waals surface area (Å²) in [5, 5.41) is 3.41. The minimum atomic E-state index is -0.243. The number of H-pyrrole nitrogens is 1. The molecular weight excluding hydrogens is 448 g/mol. The number of piperidine rings is 1. The van der Waals surface area contributed by atoms with Gasteiger partial charge < -0.3 is 24.7 Å². The predicted octanol–water partition coefficient (Wildman–Crippen LogP) is 3.53. The molecule has 2 N–H and O–H groups in total. The molecule has 1 fully saturated rings. The maximum atomic E-state index is 13.2. The Morgan fingerprint density at radius 1 is 1.06 bits per heavy atom. The molecule has 0 aliphatic carbocycles. The second-order valence-electron chi connectivity index (χ2n) is 8.54. The van der Waals surface area contributed by atoms with Crippen LogP contribution in [0.25, 0.3) is 10.9 Å². The second-order valence-corrected chi connectivity index (χ2v) is 8.54. The summed E-state index contributed by atoms with van der Waals surface area (Å²) >= 11 is 0. The number of ether oxygens (including phenoxy) is 2. The lowest BCUT2D eigenvalue weighted by molar-refractivity contribution is -0.116. The van der Waals surface area contributed by atoms with Gasteiger partial charge in [0.25, 0.3) is 11.5 Å². The number of carbonyl (C=O) groups excluding carboxylic acids is 2. The third-order valence-corrected chi connectivity index (χ3v) is 6.15. The van der Waals surface area contributed by atoms with E-state index in [2.05, 4.69) is 15.3 Å². The number of benzene rings is 2. The molecule has 0 unspecified atom stereocenters. The van der Waals surface area contributed by atoms with Crippen molar-refractivity contribution in [2.24, 2.45) is 0 Å². The molecule has 184 valence electrons. The predicted molar refractivity (Wildman–Crippen MR) is 133 cm³/mol. The van der Waals surface area contributed by atoms with Gasteiger partial charge in [-0.2, -0.15) is 0 Å². The van der Waals surface area contributed by atoms with Crippen molar-refractivity contribution >= 4 is 28.4 Å². The molecule has 35 heavy (non-hydrogen) atoms. The van der Waals surface area contributed by atoms with Gasteiger partial charge in [-0.05, 0) is 43.9 Å². The number of fused-ring (bicyclic) bond motifs is 1. The first-order valence-electron chi connectivity index (χ1n) is 11.8. The largest absolute Gasteiger partial charge is 0.493 e. The Bertz CT molecular complexity index is 1280. The first-order valence-corrected chi connectivity index (χ1v) is 11.8. The Balaban J connectivity index is 1.46. The molecular formula is C26H30N4O5. The summed E-state index contributed by atoms with van der Waals surface area (Å²) in [6, 6.07) is 10.4. The molecule has 1 aliphatic heterocycles. The number of aromatic nitrogens is 2. The maximum Gasteiger partial charge on any atom is 0.258 e. The number of aryl methyl sites for hydroxylation is 1. The van der Waals surface area contributed by atoms with Gasteiger partial charge in [-0.3, -0.25) is 14.4 Å². The van der Waals surface area contributed by atoms with Gasteiger partial charge >= 0.3 is 0 Å². The van der Waals surface area contributed by atoms with Crippen LogP contribution < -0.4 is 20.3 Å². The lowest BCUT2D eigenvalue weighted by atomic mass is 10.1. The highest BCUT2D eigenvalue weighted by Crippen LogP contribution is 2.34. The molecule has 1 aromatic heterocycles. The van der Waals surface area contributed by atoms with Gasteiger partial charge in [-0.15, -0.1) is 0 Å². The van der Waals surface area contributed by atoms with Crippen LogP contribution in [0.3, 0.4) is 0 Å². The Hall–Kier alpha value is -3.88. The highest BCUT2D eigenvalue weighted by Gasteiger charge is 2.24. The lowest BCUT2D eigenvalue weighted by Crippen LogP contribution is -2.36. The molecule has 2 aromatic carbocycles. The smallest absolute Gasteiger partial charge is 0.258 e. The number of aromatic amines is 1. The Morgan fingerprint density at radius 3 is 2.51 bits per heavy atom. The van der Waals surface area contributed by atoms with Crippen LogP contribution in [0.2, 0.25) is 0 Å². The number of nitrogens with one attached hydrogen (secondary N) is 2. The number of hydrogen-bond donors (Lipinski definition) is 2. The van der Waals surface area contributed by atoms with E-state index in [9.17, 15) is 14.4 Å². The molecule has 0 atom stereocenters. The van der Waals surface area contributed by atoms with Gasteiger partial charge in [-0.1, -0.05) is 12.1 Å². The lowest BCUT2D eigenvalue weighted by Gasteiger charge is -2.28. The van der Waals surface area contributed by atoms with Crippen LogP contribution in [0.15, 0.2) is 41.2 Å². The van der Waals surface area contributed by atoms with Gasteiger partial charge in [-0.25, -0.2) is 4.98 Å². The van der Waals surface area contributed by atoms with E-state index in [1.165, 1.54) is 14.2 Å². The summed E-state index contributed by atoms with van der Waals surface area (Å²) in [6.07, 6.45) is 4.16. The summed E-state index contributed by atoms with van der Waals surface area (Å²) in [5.41, 5.74) is 1.20. The molecule has 3 aromatic rings. The van der Waals surface area contributed by atoms with E-state index in [1.54, 1.807) is 30.3 Å². The number of hydrogen-bond acceptors (Lipinski definition) is 6. The number of likely N-dealkylation sites (tertiary alicyclic amines) is 1. The summed E-state index contributed by atoms with van der Waals surface area (Å²) in [7, 11) is 3.02. The molecule has 9 nitrogen and oxygen atoms in total. The normalized spacial score (nSPS) is 13.5. The molecule has 2 heterocycles. The molecule has 9 heteroatoms. The molecule has 1 aliphatic rings. The molecule has 0 saturated carbocycles. The van der Waals surface area contributed by atoms with Gasteiger partial charge in [0.2, 0.25) is 5.91 Å². The van der Waals surface area contributed by atoms with Crippen LogP contribution in [0.4, 0.5) is 5.69 Å². The van der Waals surface area contributed by atoms with E-state index in [0.717, 1.165) is 19.3 Å². The molecule has 4 rings (SSSR count). The Morgan fingerprint density at radius 2 is 1.77 bits per heavy atom. The van der Waals surface area contributed by atoms with Crippen molar-refractivity contribution in [1.82, 2.24) is 14.9 Å². The summed E-state index contributed by atoms with van der Waals surface area (Å²) in [5.74, 6) is 1.01. The summed E-state index contributed by atoms with van der Waals surface area (Å²) in [4.78, 5) is 47.4. The van der Waals surface area contributed by atoms with Crippen LogP contribution in [0, 0.1) is 0 Å². The van der Waals surface area contributed by atoms with Crippen LogP contribution in [-0.2, 0) is 11.2 Å². The Kier molecular flexibility index (Phi) is 7.64. The van der Waals surface area contributed by atoms with E-state index < -0.39 is 0 Å². The van der Waals surface area contributed by atoms with Gasteiger partial charge in [0.1, 0.15) is 5.82 Å². The van der Waals surface area contributed by atoms with Gasteiger partial charge in [0, 0.05) is 32.0 Å². The van der Waals surface area contributed by atoms with Crippen LogP contribution >= 0.6 is 0 Å². The van der Waals surface area contributed by atoms with Crippen molar-refractivity contribution in [3.05, 3.63) is 58.1 Å². The average molecular weight is 479 g/mol. The summed E-state index contributed by atoms with van der Waals surface area (Å²) < 4.78 is 10.8. The van der Waals surface area contributed by atoms with Crippen molar-refractivity contribution in [1.29, 1.82) is 0 Å². The first kappa shape index (κ1) is 24.3. The Labute approximate surface area is 203 Å². The fourth-order valence-corrected chi connectivity index (χ4v) is 4.31. The van der Waals surface area contributed by atoms with Crippen molar-refractivity contribution in [2.75, 3.05) is 32.6 Å². The zero-order valence-electron chi connectivity index (χ0n) is 20.1. The minimum Gasteiger partial charge on any atom is -0.493 e. The first-order chi connectivity index (χ1) is 17.0. The zero-order valence-corrected chi connectivity index (χ0v) is 20.1. The standard InChI is InChI=1S/C26H30N4O5/c1-34-21-15-18(26(33)30-13-6-3-7-14-30)20(16-22(21)35-2)28-24(31)12-8-11-23-27-19-10-5-4-9-17(19)25(32)29-23/h4-5,9-10,15-16H,3,6-8,11-14H2,1-2H3,(H,28,31)(H,27,29,32). The number of carbonyl (C=O) groups is 2. The number of anilines is 1. The van der Waals surface area contributed by atoms with Crippen LogP contribution in [0.5, 0.6) is 11.5 Å². The molecule has 0 bridgehead atoms. The average Bonchev–Trinajstić information content (AvgIpc) is 2.88. The van der Waals surface area contributed by atoms with Crippen molar-refractivity contribution < 1.29 is 19.1 Å². The topological polar surface area (TPSA) is 114 Å². The highest BCUT2D eigenvalue weighted by molar-refractivity contribution is 6.04. The van der Waals surface area contributed by atoms with Crippen molar-refractivity contribution in [3.63, 3.8) is 0 Å². The second kappa shape index (κ2) is 11.0. The third kappa shape index (κ3) is 5.62. The SMILES string of the molecule is COc1cc(NC(=O)CCCc2nc3ccccc3c(=O)[nH]2)c(C(=O)N2CCCCC2)cc1OC. The molecule has 0 radical (unpaired) electrons. The van der Waals surface area contributed by atoms with E-state index in [1.807, 2.05) is 11.0 Å². The minimum absolute atomic E-state index is 0.140. The fraction of sp³-hybridized carbons (Fsp3) is 0.385. The van der Waals surface area contributed by atoms with Crippen LogP contribution in [-0.4, -0.2) is 54.0 Å². The number of para-hydroxylation sites is 1. The monoisotopic (exact) mass is 478 g/mol. The molecule has 2 amide bonds. The van der Waals surface area contributed by atoms with E-state index in [4.69, 9.17) is 9.47 Å². The zero-order chi connectivity index (χ0) is 24.8. The van der Waals surface area contributed by atoms with Gasteiger partial charge in [0.15, 0.2) is 11.5 Å². The van der Waals surface area contributed by atoms with E-state index in [-0.39, 0.29) is 23.8 Å². The van der Waals surface area contributed by atoms with Crippen LogP contribution in [0.1, 0.15) is 48.3 Å². The number of nitrogens with zero attached hydrogens (tertiary/aromatic N) is 2. The molecule has 1 saturated heterocycles. The number of methoxy groups -OCH3 is 2. The highest BCUT2D eigenvalue weighted by atomic mass is 16.5. The van der Waals surface area contributed by atoms with Crippen molar-refractivity contribution in [3.8, 4) is 11.5 Å². The van der Waals surface area contributed by atoms with E-state index >= 15 is 0 Å². The summed E-state index contributed by atoms with van der Waals surface area (Å²) in [6.45, 7) is 1.38.